The lowest BCUT2D eigenvalue weighted by Crippen LogP contribution is -2.29. The number of nitrogens with zero attached hydrogens (tertiary/aromatic N) is 2. The average molecular weight is 369 g/mol. The summed E-state index contributed by atoms with van der Waals surface area (Å²) in [5.74, 6) is 0.945. The van der Waals surface area contributed by atoms with Crippen molar-refractivity contribution in [3.05, 3.63) is 36.2 Å². The molecule has 0 saturated carbocycles. The van der Waals surface area contributed by atoms with Gasteiger partial charge in [-0.25, -0.2) is 13.1 Å². The van der Waals surface area contributed by atoms with Crippen molar-refractivity contribution in [2.45, 2.75) is 12.8 Å². The summed E-state index contributed by atoms with van der Waals surface area (Å²) in [6.07, 6.45) is 1.08. The van der Waals surface area contributed by atoms with Crippen molar-refractivity contribution in [3.63, 3.8) is 0 Å². The molecule has 1 N–H and O–H groups in total. The summed E-state index contributed by atoms with van der Waals surface area (Å²) >= 11 is 0. The lowest BCUT2D eigenvalue weighted by atomic mass is 10.2. The first-order valence-electron chi connectivity index (χ1n) is 8.03. The Morgan fingerprint density at radius 3 is 2.72 bits per heavy atom. The van der Waals surface area contributed by atoms with Crippen LogP contribution in [0.1, 0.15) is 12.3 Å². The zero-order valence-electron chi connectivity index (χ0n) is 14.2. The third-order valence-electron chi connectivity index (χ3n) is 3.32. The number of ether oxygens (including phenoxy) is 2. The Hall–Kier alpha value is -1.81. The molecule has 1 aromatic heterocycles. The first-order chi connectivity index (χ1) is 12.1. The molecule has 0 bridgehead atoms. The molecule has 0 amide bonds. The van der Waals surface area contributed by atoms with Crippen LogP contribution in [-0.4, -0.2) is 57.8 Å². The van der Waals surface area contributed by atoms with Crippen LogP contribution in [0.15, 0.2) is 34.9 Å². The van der Waals surface area contributed by atoms with Gasteiger partial charge in [-0.05, 0) is 6.42 Å². The minimum absolute atomic E-state index is 0.0740. The highest BCUT2D eigenvalue weighted by Gasteiger charge is 2.11. The van der Waals surface area contributed by atoms with Crippen LogP contribution in [-0.2, 0) is 25.9 Å². The van der Waals surface area contributed by atoms with Gasteiger partial charge in [0.1, 0.15) is 0 Å². The number of rotatable bonds is 12. The van der Waals surface area contributed by atoms with Gasteiger partial charge in [0.05, 0.1) is 25.6 Å². The molecule has 0 aliphatic carbocycles. The molecule has 0 atom stereocenters. The molecular formula is C16H23N3O5S. The van der Waals surface area contributed by atoms with Gasteiger partial charge in [0, 0.05) is 25.6 Å². The molecule has 0 radical (unpaired) electrons. The van der Waals surface area contributed by atoms with Gasteiger partial charge in [-0.1, -0.05) is 35.5 Å². The van der Waals surface area contributed by atoms with E-state index in [9.17, 15) is 8.42 Å². The molecular weight excluding hydrogens is 346 g/mol. The fourth-order valence-electron chi connectivity index (χ4n) is 2.01. The fraction of sp³-hybridized carbons (Fsp3) is 0.500. The van der Waals surface area contributed by atoms with Crippen molar-refractivity contribution in [2.24, 2.45) is 0 Å². The number of methoxy groups -OCH3 is 1. The van der Waals surface area contributed by atoms with E-state index in [0.29, 0.717) is 44.3 Å². The van der Waals surface area contributed by atoms with Gasteiger partial charge in [-0.2, -0.15) is 4.98 Å². The Labute approximate surface area is 147 Å². The Kier molecular flexibility index (Phi) is 7.99. The number of aryl methyl sites for hydroxylation is 1. The molecule has 0 unspecified atom stereocenters. The molecule has 0 saturated heterocycles. The van der Waals surface area contributed by atoms with Crippen molar-refractivity contribution in [1.82, 2.24) is 14.9 Å². The predicted molar refractivity (Wildman–Crippen MR) is 92.5 cm³/mol. The number of nitrogens with one attached hydrogen (secondary N) is 1. The molecule has 138 valence electrons. The summed E-state index contributed by atoms with van der Waals surface area (Å²) in [7, 11) is -1.78. The quantitative estimate of drug-likeness (QED) is 0.562. The molecule has 8 nitrogen and oxygen atoms in total. The molecule has 1 aromatic carbocycles. The van der Waals surface area contributed by atoms with Gasteiger partial charge in [-0.3, -0.25) is 0 Å². The lowest BCUT2D eigenvalue weighted by Gasteiger charge is -2.06. The maximum atomic E-state index is 11.8. The van der Waals surface area contributed by atoms with Gasteiger partial charge in [0.2, 0.25) is 21.7 Å². The van der Waals surface area contributed by atoms with Gasteiger partial charge in [-0.15, -0.1) is 0 Å². The predicted octanol–water partition coefficient (Wildman–Crippen LogP) is 1.25. The van der Waals surface area contributed by atoms with E-state index >= 15 is 0 Å². The summed E-state index contributed by atoms with van der Waals surface area (Å²) in [4.78, 5) is 4.31. The Balaban J connectivity index is 1.66. The van der Waals surface area contributed by atoms with Crippen LogP contribution in [0.3, 0.4) is 0 Å². The van der Waals surface area contributed by atoms with Crippen molar-refractivity contribution < 1.29 is 22.4 Å². The van der Waals surface area contributed by atoms with Crippen molar-refractivity contribution in [3.8, 4) is 11.4 Å². The molecule has 0 aliphatic rings. The van der Waals surface area contributed by atoms with Crippen LogP contribution in [0.2, 0.25) is 0 Å². The number of benzene rings is 1. The van der Waals surface area contributed by atoms with E-state index in [2.05, 4.69) is 14.9 Å². The van der Waals surface area contributed by atoms with Crippen LogP contribution < -0.4 is 4.72 Å². The topological polar surface area (TPSA) is 104 Å². The van der Waals surface area contributed by atoms with Crippen LogP contribution >= 0.6 is 0 Å². The molecule has 2 aromatic rings. The number of hydrogen-bond donors (Lipinski definition) is 1. The van der Waals surface area contributed by atoms with E-state index in [1.54, 1.807) is 7.11 Å². The number of hydrogen-bond acceptors (Lipinski definition) is 7. The zero-order chi connectivity index (χ0) is 18.0. The monoisotopic (exact) mass is 369 g/mol. The van der Waals surface area contributed by atoms with Gasteiger partial charge in [0.25, 0.3) is 0 Å². The van der Waals surface area contributed by atoms with E-state index in [0.717, 1.165) is 5.56 Å². The van der Waals surface area contributed by atoms with Crippen LogP contribution in [0, 0.1) is 0 Å². The lowest BCUT2D eigenvalue weighted by molar-refractivity contribution is 0.0784. The number of aromatic nitrogens is 2. The van der Waals surface area contributed by atoms with Crippen LogP contribution in [0.25, 0.3) is 11.4 Å². The second kappa shape index (κ2) is 10.2. The molecule has 9 heteroatoms. The molecule has 25 heavy (non-hydrogen) atoms. The van der Waals surface area contributed by atoms with Gasteiger partial charge >= 0.3 is 0 Å². The summed E-state index contributed by atoms with van der Waals surface area (Å²) in [5, 5.41) is 3.93. The Morgan fingerprint density at radius 2 is 1.96 bits per heavy atom. The van der Waals surface area contributed by atoms with Crippen LogP contribution in [0.4, 0.5) is 0 Å². The third kappa shape index (κ3) is 7.30. The second-order valence-electron chi connectivity index (χ2n) is 5.30. The highest BCUT2D eigenvalue weighted by molar-refractivity contribution is 7.89. The molecule has 0 fully saturated rings. The summed E-state index contributed by atoms with van der Waals surface area (Å²) in [6.45, 7) is 1.28. The molecule has 0 spiro atoms. The van der Waals surface area contributed by atoms with Crippen molar-refractivity contribution in [1.29, 1.82) is 0 Å². The molecule has 2 rings (SSSR count). The molecule has 0 aliphatic heterocycles. The number of sulfonamides is 1. The summed E-state index contributed by atoms with van der Waals surface area (Å²) in [6, 6.07) is 9.52. The normalized spacial score (nSPS) is 11.7. The van der Waals surface area contributed by atoms with E-state index in [4.69, 9.17) is 14.0 Å². The van der Waals surface area contributed by atoms with Crippen molar-refractivity contribution in [2.75, 3.05) is 39.2 Å². The van der Waals surface area contributed by atoms with Crippen LogP contribution in [0.5, 0.6) is 0 Å². The smallest absolute Gasteiger partial charge is 0.227 e. The van der Waals surface area contributed by atoms with Crippen molar-refractivity contribution >= 4 is 10.0 Å². The van der Waals surface area contributed by atoms with E-state index < -0.39 is 10.0 Å². The third-order valence-corrected chi connectivity index (χ3v) is 4.67. The van der Waals surface area contributed by atoms with Gasteiger partial charge in [0.15, 0.2) is 0 Å². The molecule has 1 heterocycles. The largest absolute Gasteiger partial charge is 0.382 e. The van der Waals surface area contributed by atoms with E-state index in [1.165, 1.54) is 0 Å². The van der Waals surface area contributed by atoms with E-state index in [1.807, 2.05) is 30.3 Å². The first-order valence-corrected chi connectivity index (χ1v) is 9.68. The minimum atomic E-state index is -3.34. The Bertz CT molecular complexity index is 718. The van der Waals surface area contributed by atoms with Gasteiger partial charge < -0.3 is 14.0 Å². The standard InChI is InChI=1S/C16H23N3O5S/c1-22-10-11-23-12-13-25(20,21)17-9-5-8-15-18-16(19-24-15)14-6-3-2-4-7-14/h2-4,6-7,17H,5,8-13H2,1H3. The average Bonchev–Trinajstić information content (AvgIpc) is 3.08. The SMILES string of the molecule is COCCOCCS(=O)(=O)NCCCc1nc(-c2ccccc2)no1. The Morgan fingerprint density at radius 1 is 1.16 bits per heavy atom. The highest BCUT2D eigenvalue weighted by Crippen LogP contribution is 2.15. The summed E-state index contributed by atoms with van der Waals surface area (Å²) in [5.41, 5.74) is 0.881. The maximum Gasteiger partial charge on any atom is 0.227 e. The minimum Gasteiger partial charge on any atom is -0.382 e. The highest BCUT2D eigenvalue weighted by atomic mass is 32.2. The summed E-state index contributed by atoms with van der Waals surface area (Å²) < 4.78 is 41.3. The second-order valence-corrected chi connectivity index (χ2v) is 7.23. The zero-order valence-corrected chi connectivity index (χ0v) is 15.0. The fourth-order valence-corrected chi connectivity index (χ4v) is 2.95. The maximum absolute atomic E-state index is 11.8. The first kappa shape index (κ1) is 19.5. The van der Waals surface area contributed by atoms with E-state index in [-0.39, 0.29) is 12.4 Å².